The predicted octanol–water partition coefficient (Wildman–Crippen LogP) is 4.53. The van der Waals surface area contributed by atoms with Gasteiger partial charge in [0.15, 0.2) is 18.1 Å². The Morgan fingerprint density at radius 3 is 2.45 bits per heavy atom. The van der Waals surface area contributed by atoms with Gasteiger partial charge in [-0.25, -0.2) is 4.79 Å². The van der Waals surface area contributed by atoms with Gasteiger partial charge in [0.05, 0.1) is 13.7 Å². The number of aromatic nitrogens is 1. The zero-order chi connectivity index (χ0) is 21.6. The number of esters is 1. The van der Waals surface area contributed by atoms with E-state index in [1.807, 2.05) is 26.8 Å². The average Bonchev–Trinajstić information content (AvgIpc) is 2.99. The van der Waals surface area contributed by atoms with Crippen LogP contribution in [0, 0.1) is 13.8 Å². The van der Waals surface area contributed by atoms with Crippen LogP contribution in [0.15, 0.2) is 30.3 Å². The van der Waals surface area contributed by atoms with Gasteiger partial charge in [0.25, 0.3) is 0 Å². The van der Waals surface area contributed by atoms with Crippen LogP contribution in [0.4, 0.5) is 0 Å². The molecule has 29 heavy (non-hydrogen) atoms. The summed E-state index contributed by atoms with van der Waals surface area (Å²) in [5.74, 6) is 0.428. The highest BCUT2D eigenvalue weighted by molar-refractivity contribution is 6.00. The SMILES string of the molecule is CCOc1cc(/C=C/C(=O)OCC(=O)c2cc(C)n(C(C)C)c2C)ccc1OC. The third-order valence-corrected chi connectivity index (χ3v) is 4.55. The Bertz CT molecular complexity index is 908. The van der Waals surface area contributed by atoms with Gasteiger partial charge in [0, 0.05) is 29.1 Å². The van der Waals surface area contributed by atoms with Crippen molar-refractivity contribution in [1.82, 2.24) is 4.57 Å². The highest BCUT2D eigenvalue weighted by Gasteiger charge is 2.18. The molecule has 0 saturated carbocycles. The second kappa shape index (κ2) is 9.96. The monoisotopic (exact) mass is 399 g/mol. The van der Waals surface area contributed by atoms with E-state index in [0.29, 0.717) is 23.7 Å². The van der Waals surface area contributed by atoms with E-state index in [-0.39, 0.29) is 18.4 Å². The standard InChI is InChI=1S/C23H29NO5/c1-7-28-22-13-18(8-10-21(22)27-6)9-11-23(26)29-14-20(25)19-12-16(4)24(15(2)3)17(19)5/h8-13,15H,7,14H2,1-6H3/b11-9+. The van der Waals surface area contributed by atoms with Gasteiger partial charge < -0.3 is 18.8 Å². The normalized spacial score (nSPS) is 11.1. The number of ether oxygens (including phenoxy) is 3. The number of hydrogen-bond acceptors (Lipinski definition) is 5. The summed E-state index contributed by atoms with van der Waals surface area (Å²) in [7, 11) is 1.57. The fraction of sp³-hybridized carbons (Fsp3) is 0.391. The minimum atomic E-state index is -0.579. The molecule has 0 amide bonds. The lowest BCUT2D eigenvalue weighted by Crippen LogP contribution is -2.14. The average molecular weight is 399 g/mol. The van der Waals surface area contributed by atoms with Crippen molar-refractivity contribution in [2.45, 2.75) is 40.7 Å². The van der Waals surface area contributed by atoms with Crippen molar-refractivity contribution in [1.29, 1.82) is 0 Å². The highest BCUT2D eigenvalue weighted by atomic mass is 16.5. The van der Waals surface area contributed by atoms with E-state index in [9.17, 15) is 9.59 Å². The second-order valence-corrected chi connectivity index (χ2v) is 6.96. The fourth-order valence-electron chi connectivity index (χ4n) is 3.35. The molecule has 0 N–H and O–H groups in total. The number of methoxy groups -OCH3 is 1. The van der Waals surface area contributed by atoms with Crippen LogP contribution in [0.1, 0.15) is 54.1 Å². The fourth-order valence-corrected chi connectivity index (χ4v) is 3.35. The van der Waals surface area contributed by atoms with Crippen molar-refractivity contribution < 1.29 is 23.8 Å². The Labute approximate surface area is 172 Å². The first-order valence-corrected chi connectivity index (χ1v) is 9.65. The molecule has 0 radical (unpaired) electrons. The molecule has 0 aliphatic carbocycles. The quantitative estimate of drug-likeness (QED) is 0.352. The van der Waals surface area contributed by atoms with Crippen LogP contribution < -0.4 is 9.47 Å². The Hall–Kier alpha value is -3.02. The molecular weight excluding hydrogens is 370 g/mol. The van der Waals surface area contributed by atoms with E-state index < -0.39 is 5.97 Å². The molecule has 1 heterocycles. The van der Waals surface area contributed by atoms with Gasteiger partial charge in [-0.15, -0.1) is 0 Å². The molecule has 0 bridgehead atoms. The molecule has 0 fully saturated rings. The zero-order valence-corrected chi connectivity index (χ0v) is 17.9. The molecular formula is C23H29NO5. The first-order valence-electron chi connectivity index (χ1n) is 9.65. The van der Waals surface area contributed by atoms with E-state index in [1.165, 1.54) is 6.08 Å². The summed E-state index contributed by atoms with van der Waals surface area (Å²) < 4.78 is 18.0. The zero-order valence-electron chi connectivity index (χ0n) is 17.9. The molecule has 0 saturated heterocycles. The maximum absolute atomic E-state index is 12.5. The molecule has 0 atom stereocenters. The molecule has 1 aromatic heterocycles. The van der Waals surface area contributed by atoms with Crippen molar-refractivity contribution in [2.75, 3.05) is 20.3 Å². The lowest BCUT2D eigenvalue weighted by Gasteiger charge is -2.13. The summed E-state index contributed by atoms with van der Waals surface area (Å²) in [4.78, 5) is 24.5. The van der Waals surface area contributed by atoms with E-state index in [1.54, 1.807) is 31.4 Å². The van der Waals surface area contributed by atoms with Gasteiger partial charge in [-0.1, -0.05) is 6.07 Å². The summed E-state index contributed by atoms with van der Waals surface area (Å²) in [6.45, 7) is 10.1. The number of rotatable bonds is 9. The third-order valence-electron chi connectivity index (χ3n) is 4.55. The lowest BCUT2D eigenvalue weighted by molar-refractivity contribution is -0.136. The third kappa shape index (κ3) is 5.50. The maximum atomic E-state index is 12.5. The number of aryl methyl sites for hydroxylation is 1. The van der Waals surface area contributed by atoms with Crippen LogP contribution in [0.25, 0.3) is 6.08 Å². The summed E-state index contributed by atoms with van der Waals surface area (Å²) in [5.41, 5.74) is 3.25. The van der Waals surface area contributed by atoms with Gasteiger partial charge in [0.2, 0.25) is 5.78 Å². The smallest absolute Gasteiger partial charge is 0.331 e. The number of carbonyl (C=O) groups excluding carboxylic acids is 2. The van der Waals surface area contributed by atoms with Gasteiger partial charge in [-0.3, -0.25) is 4.79 Å². The van der Waals surface area contributed by atoms with E-state index in [0.717, 1.165) is 17.0 Å². The summed E-state index contributed by atoms with van der Waals surface area (Å²) in [6, 6.07) is 7.45. The Kier molecular flexibility index (Phi) is 7.65. The van der Waals surface area contributed by atoms with Crippen LogP contribution in [0.3, 0.4) is 0 Å². The first-order chi connectivity index (χ1) is 13.8. The lowest BCUT2D eigenvalue weighted by atomic mass is 10.1. The molecule has 2 rings (SSSR count). The van der Waals surface area contributed by atoms with Crippen LogP contribution in [0.2, 0.25) is 0 Å². The number of ketones is 1. The first kappa shape index (κ1) is 22.3. The molecule has 0 aliphatic heterocycles. The number of hydrogen-bond donors (Lipinski definition) is 0. The van der Waals surface area contributed by atoms with Gasteiger partial charge in [-0.05, 0) is 64.5 Å². The summed E-state index contributed by atoms with van der Waals surface area (Å²) >= 11 is 0. The number of Topliss-reactive ketones (excluding diaryl/α,β-unsaturated/α-hetero) is 1. The second-order valence-electron chi connectivity index (χ2n) is 6.96. The molecule has 0 aliphatic rings. The largest absolute Gasteiger partial charge is 0.493 e. The Morgan fingerprint density at radius 1 is 1.14 bits per heavy atom. The molecule has 1 aromatic carbocycles. The minimum Gasteiger partial charge on any atom is -0.493 e. The van der Waals surface area contributed by atoms with Crippen LogP contribution in [-0.2, 0) is 9.53 Å². The number of carbonyl (C=O) groups is 2. The van der Waals surface area contributed by atoms with Crippen molar-refractivity contribution in [3.63, 3.8) is 0 Å². The van der Waals surface area contributed by atoms with Crippen molar-refractivity contribution in [3.05, 3.63) is 52.9 Å². The van der Waals surface area contributed by atoms with Crippen molar-refractivity contribution in [2.24, 2.45) is 0 Å². The molecule has 2 aromatic rings. The number of nitrogens with zero attached hydrogens (tertiary/aromatic N) is 1. The predicted molar refractivity (Wildman–Crippen MR) is 113 cm³/mol. The van der Waals surface area contributed by atoms with Crippen LogP contribution >= 0.6 is 0 Å². The summed E-state index contributed by atoms with van der Waals surface area (Å²) in [6.07, 6.45) is 2.90. The summed E-state index contributed by atoms with van der Waals surface area (Å²) in [5, 5.41) is 0. The van der Waals surface area contributed by atoms with Crippen LogP contribution in [0.5, 0.6) is 11.5 Å². The van der Waals surface area contributed by atoms with E-state index in [4.69, 9.17) is 14.2 Å². The molecule has 6 heteroatoms. The number of benzene rings is 1. The van der Waals surface area contributed by atoms with Gasteiger partial charge in [0.1, 0.15) is 0 Å². The van der Waals surface area contributed by atoms with Crippen molar-refractivity contribution in [3.8, 4) is 11.5 Å². The van der Waals surface area contributed by atoms with Gasteiger partial charge >= 0.3 is 5.97 Å². The van der Waals surface area contributed by atoms with E-state index in [2.05, 4.69) is 18.4 Å². The van der Waals surface area contributed by atoms with E-state index >= 15 is 0 Å². The van der Waals surface area contributed by atoms with Crippen molar-refractivity contribution >= 4 is 17.8 Å². The molecule has 0 spiro atoms. The highest BCUT2D eigenvalue weighted by Crippen LogP contribution is 2.28. The minimum absolute atomic E-state index is 0.213. The Balaban J connectivity index is 2.00. The molecule has 6 nitrogen and oxygen atoms in total. The van der Waals surface area contributed by atoms with Crippen LogP contribution in [-0.4, -0.2) is 36.6 Å². The van der Waals surface area contributed by atoms with Gasteiger partial charge in [-0.2, -0.15) is 0 Å². The molecule has 0 unspecified atom stereocenters. The molecule has 156 valence electrons. The maximum Gasteiger partial charge on any atom is 0.331 e. The topological polar surface area (TPSA) is 66.8 Å². The Morgan fingerprint density at radius 2 is 1.86 bits per heavy atom.